The maximum atomic E-state index is 13.3. The standard InChI is InChI=1S/C20H20F4N2O3/c1-13(29-16-4-2-3-15(21)12-16)19(27)25-17-11-14(20(22,23)24)5-6-18(17)26-7-9-28-10-8-26/h2-6,11-13H,7-10H2,1H3,(H,25,27). The second-order valence-electron chi connectivity index (χ2n) is 6.54. The molecule has 1 aliphatic heterocycles. The lowest BCUT2D eigenvalue weighted by Gasteiger charge is -2.31. The number of halogens is 4. The molecule has 9 heteroatoms. The third kappa shape index (κ3) is 5.38. The molecule has 0 radical (unpaired) electrons. The molecular weight excluding hydrogens is 392 g/mol. The molecule has 1 fully saturated rings. The minimum Gasteiger partial charge on any atom is -0.481 e. The van der Waals surface area contributed by atoms with Crippen molar-refractivity contribution < 1.29 is 31.8 Å². The first-order chi connectivity index (χ1) is 13.7. The largest absolute Gasteiger partial charge is 0.481 e. The summed E-state index contributed by atoms with van der Waals surface area (Å²) in [5.41, 5.74) is -0.377. The molecule has 0 aromatic heterocycles. The third-order valence-electron chi connectivity index (χ3n) is 4.41. The van der Waals surface area contributed by atoms with Gasteiger partial charge in [0.25, 0.3) is 5.91 Å². The van der Waals surface area contributed by atoms with E-state index in [1.54, 1.807) is 0 Å². The van der Waals surface area contributed by atoms with Crippen LogP contribution in [0.4, 0.5) is 28.9 Å². The summed E-state index contributed by atoms with van der Waals surface area (Å²) in [7, 11) is 0. The van der Waals surface area contributed by atoms with Crippen molar-refractivity contribution in [1.29, 1.82) is 0 Å². The highest BCUT2D eigenvalue weighted by atomic mass is 19.4. The van der Waals surface area contributed by atoms with Crippen LogP contribution in [0.5, 0.6) is 5.75 Å². The van der Waals surface area contributed by atoms with Crippen molar-refractivity contribution in [2.75, 3.05) is 36.5 Å². The minimum absolute atomic E-state index is 0.0291. The van der Waals surface area contributed by atoms with Crippen molar-refractivity contribution in [3.8, 4) is 5.75 Å². The lowest BCUT2D eigenvalue weighted by molar-refractivity contribution is -0.137. The molecule has 5 nitrogen and oxygen atoms in total. The zero-order chi connectivity index (χ0) is 21.0. The van der Waals surface area contributed by atoms with Crippen LogP contribution >= 0.6 is 0 Å². The molecule has 1 amide bonds. The summed E-state index contributed by atoms with van der Waals surface area (Å²) in [5, 5.41) is 2.51. The van der Waals surface area contributed by atoms with Crippen molar-refractivity contribution in [2.24, 2.45) is 0 Å². The number of amides is 1. The smallest absolute Gasteiger partial charge is 0.416 e. The normalized spacial score (nSPS) is 15.7. The average Bonchev–Trinajstić information content (AvgIpc) is 2.68. The SMILES string of the molecule is CC(Oc1cccc(F)c1)C(=O)Nc1cc(C(F)(F)F)ccc1N1CCOCC1. The Morgan fingerprint density at radius 1 is 1.17 bits per heavy atom. The second kappa shape index (κ2) is 8.69. The van der Waals surface area contributed by atoms with Crippen LogP contribution in [-0.4, -0.2) is 38.3 Å². The molecule has 156 valence electrons. The van der Waals surface area contributed by atoms with E-state index in [0.717, 1.165) is 18.2 Å². The molecular formula is C20H20F4N2O3. The van der Waals surface area contributed by atoms with Crippen LogP contribution in [0.15, 0.2) is 42.5 Å². The number of carbonyl (C=O) groups is 1. The molecule has 1 saturated heterocycles. The maximum absolute atomic E-state index is 13.3. The van der Waals surface area contributed by atoms with Gasteiger partial charge in [-0.05, 0) is 37.3 Å². The van der Waals surface area contributed by atoms with Gasteiger partial charge in [-0.1, -0.05) is 6.07 Å². The van der Waals surface area contributed by atoms with Gasteiger partial charge >= 0.3 is 6.18 Å². The van der Waals surface area contributed by atoms with Crippen molar-refractivity contribution in [3.63, 3.8) is 0 Å². The lowest BCUT2D eigenvalue weighted by atomic mass is 10.1. The minimum atomic E-state index is -4.55. The molecule has 2 aromatic carbocycles. The number of nitrogens with zero attached hydrogens (tertiary/aromatic N) is 1. The monoisotopic (exact) mass is 412 g/mol. The van der Waals surface area contributed by atoms with Gasteiger partial charge in [-0.25, -0.2) is 4.39 Å². The Balaban J connectivity index is 1.81. The molecule has 0 bridgehead atoms. The van der Waals surface area contributed by atoms with Crippen LogP contribution in [0, 0.1) is 5.82 Å². The third-order valence-corrected chi connectivity index (χ3v) is 4.41. The number of carbonyl (C=O) groups excluding carboxylic acids is 1. The topological polar surface area (TPSA) is 50.8 Å². The molecule has 1 heterocycles. The summed E-state index contributed by atoms with van der Waals surface area (Å²) in [6, 6.07) is 8.48. The predicted octanol–water partition coefficient (Wildman–Crippen LogP) is 4.09. The van der Waals surface area contributed by atoms with Crippen molar-refractivity contribution >= 4 is 17.3 Å². The van der Waals surface area contributed by atoms with Gasteiger partial charge in [-0.15, -0.1) is 0 Å². The number of rotatable bonds is 5. The molecule has 1 N–H and O–H groups in total. The number of anilines is 2. The molecule has 1 unspecified atom stereocenters. The lowest BCUT2D eigenvalue weighted by Crippen LogP contribution is -2.37. The molecule has 29 heavy (non-hydrogen) atoms. The fraction of sp³-hybridized carbons (Fsp3) is 0.350. The summed E-state index contributed by atoms with van der Waals surface area (Å²) in [4.78, 5) is 14.4. The van der Waals surface area contributed by atoms with Crippen LogP contribution in [0.1, 0.15) is 12.5 Å². The van der Waals surface area contributed by atoms with Crippen molar-refractivity contribution in [3.05, 3.63) is 53.8 Å². The van der Waals surface area contributed by atoms with Crippen LogP contribution in [0.3, 0.4) is 0 Å². The number of ether oxygens (including phenoxy) is 2. The van der Waals surface area contributed by atoms with E-state index in [0.29, 0.717) is 32.0 Å². The number of nitrogens with one attached hydrogen (secondary N) is 1. The Morgan fingerprint density at radius 3 is 2.55 bits per heavy atom. The fourth-order valence-electron chi connectivity index (χ4n) is 2.92. The van der Waals surface area contributed by atoms with E-state index in [4.69, 9.17) is 9.47 Å². The Morgan fingerprint density at radius 2 is 1.90 bits per heavy atom. The van der Waals surface area contributed by atoms with Crippen LogP contribution in [0.2, 0.25) is 0 Å². The van der Waals surface area contributed by atoms with Gasteiger partial charge in [-0.2, -0.15) is 13.2 Å². The molecule has 1 atom stereocenters. The van der Waals surface area contributed by atoms with Gasteiger partial charge in [0.15, 0.2) is 6.10 Å². The second-order valence-corrected chi connectivity index (χ2v) is 6.54. The van der Waals surface area contributed by atoms with Crippen molar-refractivity contribution in [2.45, 2.75) is 19.2 Å². The van der Waals surface area contributed by atoms with Crippen molar-refractivity contribution in [1.82, 2.24) is 0 Å². The Bertz CT molecular complexity index is 867. The summed E-state index contributed by atoms with van der Waals surface area (Å²) >= 11 is 0. The first kappa shape index (κ1) is 20.9. The summed E-state index contributed by atoms with van der Waals surface area (Å²) in [6.45, 7) is 3.29. The molecule has 2 aromatic rings. The van der Waals surface area contributed by atoms with E-state index in [2.05, 4.69) is 5.32 Å². The summed E-state index contributed by atoms with van der Waals surface area (Å²) in [6.07, 6.45) is -5.60. The van der Waals surface area contributed by atoms with E-state index in [-0.39, 0.29) is 11.4 Å². The number of alkyl halides is 3. The van der Waals surface area contributed by atoms with Gasteiger partial charge < -0.3 is 19.7 Å². The average molecular weight is 412 g/mol. The Labute approximate surface area is 165 Å². The zero-order valence-electron chi connectivity index (χ0n) is 15.6. The molecule has 3 rings (SSSR count). The van der Waals surface area contributed by atoms with Gasteiger partial charge in [0.2, 0.25) is 0 Å². The molecule has 1 aliphatic rings. The van der Waals surface area contributed by atoms with E-state index in [1.165, 1.54) is 31.2 Å². The number of morpholine rings is 1. The highest BCUT2D eigenvalue weighted by molar-refractivity contribution is 5.97. The first-order valence-corrected chi connectivity index (χ1v) is 9.01. The van der Waals surface area contributed by atoms with Gasteiger partial charge in [0.05, 0.1) is 30.2 Å². The van der Waals surface area contributed by atoms with E-state index < -0.39 is 29.6 Å². The van der Waals surface area contributed by atoms with Gasteiger partial charge in [0.1, 0.15) is 11.6 Å². The van der Waals surface area contributed by atoms with E-state index in [1.807, 2.05) is 4.90 Å². The molecule has 0 aliphatic carbocycles. The first-order valence-electron chi connectivity index (χ1n) is 9.01. The summed E-state index contributed by atoms with van der Waals surface area (Å²) < 4.78 is 63.4. The molecule has 0 saturated carbocycles. The van der Waals surface area contributed by atoms with E-state index in [9.17, 15) is 22.4 Å². The maximum Gasteiger partial charge on any atom is 0.416 e. The van der Waals surface area contributed by atoms with E-state index >= 15 is 0 Å². The zero-order valence-corrected chi connectivity index (χ0v) is 15.6. The highest BCUT2D eigenvalue weighted by Gasteiger charge is 2.32. The quantitative estimate of drug-likeness (QED) is 0.752. The van der Waals surface area contributed by atoms with Crippen LogP contribution in [-0.2, 0) is 15.7 Å². The Hall–Kier alpha value is -2.81. The molecule has 0 spiro atoms. The number of hydrogen-bond donors (Lipinski definition) is 1. The van der Waals surface area contributed by atoms with Gasteiger partial charge in [-0.3, -0.25) is 4.79 Å². The van der Waals surface area contributed by atoms with Crippen LogP contribution in [0.25, 0.3) is 0 Å². The number of hydrogen-bond acceptors (Lipinski definition) is 4. The predicted molar refractivity (Wildman–Crippen MR) is 99.6 cm³/mol. The fourth-order valence-corrected chi connectivity index (χ4v) is 2.92. The highest BCUT2D eigenvalue weighted by Crippen LogP contribution is 2.36. The summed E-state index contributed by atoms with van der Waals surface area (Å²) in [5.74, 6) is -1.03. The Kier molecular flexibility index (Phi) is 6.26. The van der Waals surface area contributed by atoms with Crippen LogP contribution < -0.4 is 15.0 Å². The van der Waals surface area contributed by atoms with Gasteiger partial charge in [0, 0.05) is 19.2 Å². The number of benzene rings is 2.